The predicted molar refractivity (Wildman–Crippen MR) is 76.2 cm³/mol. The quantitative estimate of drug-likeness (QED) is 0.756. The number of halogens is 1. The minimum atomic E-state index is -0.586. The number of carbonyl (C=O) groups excluding carboxylic acids is 2. The molecule has 0 atom stereocenters. The van der Waals surface area contributed by atoms with Gasteiger partial charge in [-0.2, -0.15) is 0 Å². The largest absolute Gasteiger partial charge is 0.468 e. The van der Waals surface area contributed by atoms with Crippen molar-refractivity contribution >= 4 is 11.9 Å². The smallest absolute Gasteiger partial charge is 0.325 e. The van der Waals surface area contributed by atoms with E-state index in [1.54, 1.807) is 17.0 Å². The Bertz CT molecular complexity index is 523. The summed E-state index contributed by atoms with van der Waals surface area (Å²) in [6.07, 6.45) is 2.24. The summed E-state index contributed by atoms with van der Waals surface area (Å²) in [5.41, 5.74) is 0.233. The van der Waals surface area contributed by atoms with E-state index in [4.69, 9.17) is 0 Å². The van der Waals surface area contributed by atoms with Gasteiger partial charge in [0.05, 0.1) is 12.5 Å². The molecule has 1 fully saturated rings. The number of carbonyl (C=O) groups is 2. The molecule has 0 aromatic heterocycles. The predicted octanol–water partition coefficient (Wildman–Crippen LogP) is 2.27. The maximum Gasteiger partial charge on any atom is 0.325 e. The van der Waals surface area contributed by atoms with Gasteiger partial charge < -0.3 is 9.64 Å². The van der Waals surface area contributed by atoms with Crippen molar-refractivity contribution in [2.45, 2.75) is 31.6 Å². The average molecular weight is 293 g/mol. The Morgan fingerprint density at radius 2 is 1.90 bits per heavy atom. The zero-order chi connectivity index (χ0) is 15.5. The van der Waals surface area contributed by atoms with Crippen molar-refractivity contribution in [3.8, 4) is 0 Å². The standard InChI is InChI=1S/C16H20FNO3/c1-3-10-18(11-14(19)21-2)15(20)16(8-9-16)12-4-6-13(17)7-5-12/h4-7H,3,8-11H2,1-2H3. The second kappa shape index (κ2) is 6.24. The van der Waals surface area contributed by atoms with Crippen LogP contribution in [-0.4, -0.2) is 37.0 Å². The molecule has 1 amide bonds. The SMILES string of the molecule is CCCN(CC(=O)OC)C(=O)C1(c2ccc(F)cc2)CC1. The summed E-state index contributed by atoms with van der Waals surface area (Å²) in [5, 5.41) is 0. The summed E-state index contributed by atoms with van der Waals surface area (Å²) in [5.74, 6) is -0.810. The summed E-state index contributed by atoms with van der Waals surface area (Å²) >= 11 is 0. The molecule has 0 radical (unpaired) electrons. The van der Waals surface area contributed by atoms with Crippen LogP contribution < -0.4 is 0 Å². The summed E-state index contributed by atoms with van der Waals surface area (Å²) in [4.78, 5) is 25.8. The van der Waals surface area contributed by atoms with Crippen molar-refractivity contribution in [2.75, 3.05) is 20.2 Å². The van der Waals surface area contributed by atoms with Crippen LogP contribution in [-0.2, 0) is 19.7 Å². The van der Waals surface area contributed by atoms with Crippen LogP contribution in [0.1, 0.15) is 31.7 Å². The van der Waals surface area contributed by atoms with Crippen molar-refractivity contribution in [2.24, 2.45) is 0 Å². The first-order valence-corrected chi connectivity index (χ1v) is 7.15. The summed E-state index contributed by atoms with van der Waals surface area (Å²) in [6.45, 7) is 2.43. The van der Waals surface area contributed by atoms with Crippen LogP contribution in [0, 0.1) is 5.82 Å². The minimum absolute atomic E-state index is 0.0356. The molecule has 0 N–H and O–H groups in total. The lowest BCUT2D eigenvalue weighted by atomic mass is 9.94. The number of hydrogen-bond donors (Lipinski definition) is 0. The molecule has 21 heavy (non-hydrogen) atoms. The number of esters is 1. The van der Waals surface area contributed by atoms with Gasteiger partial charge in [-0.05, 0) is 37.0 Å². The van der Waals surface area contributed by atoms with Crippen LogP contribution in [0.15, 0.2) is 24.3 Å². The van der Waals surface area contributed by atoms with Crippen molar-refractivity contribution in [3.05, 3.63) is 35.6 Å². The zero-order valence-electron chi connectivity index (χ0n) is 12.4. The fraction of sp³-hybridized carbons (Fsp3) is 0.500. The van der Waals surface area contributed by atoms with E-state index in [0.717, 1.165) is 24.8 Å². The van der Waals surface area contributed by atoms with E-state index in [1.807, 2.05) is 6.92 Å². The lowest BCUT2D eigenvalue weighted by Gasteiger charge is -2.26. The molecule has 2 rings (SSSR count). The van der Waals surface area contributed by atoms with Crippen LogP contribution in [0.5, 0.6) is 0 Å². The highest BCUT2D eigenvalue weighted by molar-refractivity contribution is 5.93. The van der Waals surface area contributed by atoms with E-state index in [1.165, 1.54) is 19.2 Å². The summed E-state index contributed by atoms with van der Waals surface area (Å²) in [6, 6.07) is 6.05. The highest BCUT2D eigenvalue weighted by Gasteiger charge is 2.53. The molecular weight excluding hydrogens is 273 g/mol. The van der Waals surface area contributed by atoms with E-state index in [0.29, 0.717) is 6.54 Å². The molecule has 4 nitrogen and oxygen atoms in total. The highest BCUT2D eigenvalue weighted by Crippen LogP contribution is 2.49. The van der Waals surface area contributed by atoms with Gasteiger partial charge >= 0.3 is 5.97 Å². The van der Waals surface area contributed by atoms with Gasteiger partial charge in [0.2, 0.25) is 5.91 Å². The fourth-order valence-electron chi connectivity index (χ4n) is 2.57. The van der Waals surface area contributed by atoms with Gasteiger partial charge in [0.15, 0.2) is 0 Å². The third-order valence-electron chi connectivity index (χ3n) is 3.88. The average Bonchev–Trinajstić information content (AvgIpc) is 3.28. The third-order valence-corrected chi connectivity index (χ3v) is 3.88. The molecule has 1 aliphatic carbocycles. The molecule has 1 aliphatic rings. The normalized spacial score (nSPS) is 15.4. The van der Waals surface area contributed by atoms with Crippen LogP contribution in [0.4, 0.5) is 4.39 Å². The highest BCUT2D eigenvalue weighted by atomic mass is 19.1. The maximum atomic E-state index is 13.0. The van der Waals surface area contributed by atoms with E-state index in [-0.39, 0.29) is 18.3 Å². The molecule has 1 aromatic rings. The minimum Gasteiger partial charge on any atom is -0.468 e. The van der Waals surface area contributed by atoms with E-state index in [9.17, 15) is 14.0 Å². The molecule has 1 saturated carbocycles. The number of hydrogen-bond acceptors (Lipinski definition) is 3. The topological polar surface area (TPSA) is 46.6 Å². The Morgan fingerprint density at radius 3 is 2.38 bits per heavy atom. The molecule has 1 aromatic carbocycles. The first kappa shape index (κ1) is 15.5. The first-order chi connectivity index (χ1) is 10.0. The Morgan fingerprint density at radius 1 is 1.29 bits per heavy atom. The Balaban J connectivity index is 2.19. The second-order valence-corrected chi connectivity index (χ2v) is 5.39. The molecule has 0 unspecified atom stereocenters. The van der Waals surface area contributed by atoms with Crippen molar-refractivity contribution < 1.29 is 18.7 Å². The Kier molecular flexibility index (Phi) is 4.60. The fourth-order valence-corrected chi connectivity index (χ4v) is 2.57. The van der Waals surface area contributed by atoms with Crippen molar-refractivity contribution in [3.63, 3.8) is 0 Å². The summed E-state index contributed by atoms with van der Waals surface area (Å²) < 4.78 is 17.7. The first-order valence-electron chi connectivity index (χ1n) is 7.15. The zero-order valence-corrected chi connectivity index (χ0v) is 12.4. The monoisotopic (exact) mass is 293 g/mol. The van der Waals surface area contributed by atoms with Crippen LogP contribution in [0.25, 0.3) is 0 Å². The van der Waals surface area contributed by atoms with Gasteiger partial charge in [0.1, 0.15) is 12.4 Å². The lowest BCUT2D eigenvalue weighted by molar-refractivity contribution is -0.148. The molecule has 0 heterocycles. The molecule has 5 heteroatoms. The number of benzene rings is 1. The molecule has 0 spiro atoms. The molecule has 114 valence electrons. The van der Waals surface area contributed by atoms with Crippen LogP contribution in [0.3, 0.4) is 0 Å². The van der Waals surface area contributed by atoms with Gasteiger partial charge in [0, 0.05) is 6.54 Å². The maximum absolute atomic E-state index is 13.0. The number of rotatable bonds is 6. The summed E-state index contributed by atoms with van der Waals surface area (Å²) in [7, 11) is 1.31. The molecule has 0 saturated heterocycles. The van der Waals surface area contributed by atoms with Gasteiger partial charge in [-0.3, -0.25) is 9.59 Å². The Hall–Kier alpha value is -1.91. The van der Waals surface area contributed by atoms with Crippen molar-refractivity contribution in [1.29, 1.82) is 0 Å². The Labute approximate surface area is 123 Å². The van der Waals surface area contributed by atoms with Crippen LogP contribution >= 0.6 is 0 Å². The number of amides is 1. The second-order valence-electron chi connectivity index (χ2n) is 5.39. The van der Waals surface area contributed by atoms with Gasteiger partial charge in [-0.15, -0.1) is 0 Å². The molecule has 0 aliphatic heterocycles. The van der Waals surface area contributed by atoms with Gasteiger partial charge in [-0.25, -0.2) is 4.39 Å². The molecular formula is C16H20FNO3. The third kappa shape index (κ3) is 3.23. The number of ether oxygens (including phenoxy) is 1. The van der Waals surface area contributed by atoms with E-state index < -0.39 is 11.4 Å². The van der Waals surface area contributed by atoms with E-state index in [2.05, 4.69) is 4.74 Å². The molecule has 0 bridgehead atoms. The van der Waals surface area contributed by atoms with E-state index >= 15 is 0 Å². The number of methoxy groups -OCH3 is 1. The lowest BCUT2D eigenvalue weighted by Crippen LogP contribution is -2.43. The number of nitrogens with zero attached hydrogens (tertiary/aromatic N) is 1. The van der Waals surface area contributed by atoms with Gasteiger partial charge in [-0.1, -0.05) is 19.1 Å². The van der Waals surface area contributed by atoms with Crippen molar-refractivity contribution in [1.82, 2.24) is 4.90 Å². The van der Waals surface area contributed by atoms with Gasteiger partial charge in [0.25, 0.3) is 0 Å². The van der Waals surface area contributed by atoms with Crippen LogP contribution in [0.2, 0.25) is 0 Å².